The monoisotopic (exact) mass is 336 g/mol. The number of nitro groups is 1. The second-order valence-corrected chi connectivity index (χ2v) is 5.74. The van der Waals surface area contributed by atoms with Crippen molar-refractivity contribution < 1.29 is 19.2 Å². The van der Waals surface area contributed by atoms with E-state index >= 15 is 0 Å². The normalized spacial score (nSPS) is 15.6. The van der Waals surface area contributed by atoms with Gasteiger partial charge in [0, 0.05) is 13.0 Å². The van der Waals surface area contributed by atoms with E-state index in [4.69, 9.17) is 4.74 Å². The summed E-state index contributed by atoms with van der Waals surface area (Å²) in [7, 11) is 0. The number of carbonyl (C=O) groups excluding carboxylic acids is 2. The van der Waals surface area contributed by atoms with Crippen LogP contribution in [0.2, 0.25) is 0 Å². The third-order valence-corrected chi connectivity index (χ3v) is 3.75. The molecule has 1 heterocycles. The first-order valence-electron chi connectivity index (χ1n) is 7.77. The molecule has 0 spiro atoms. The molecule has 1 fully saturated rings. The summed E-state index contributed by atoms with van der Waals surface area (Å²) in [5.41, 5.74) is 0.460. The molecule has 0 bridgehead atoms. The maximum absolute atomic E-state index is 12.0. The third-order valence-electron chi connectivity index (χ3n) is 3.75. The van der Waals surface area contributed by atoms with Gasteiger partial charge in [-0.25, -0.2) is 4.79 Å². The van der Waals surface area contributed by atoms with Crippen LogP contribution in [0.15, 0.2) is 12.1 Å². The molecule has 1 saturated carbocycles. The Balaban J connectivity index is 1.93. The van der Waals surface area contributed by atoms with Crippen LogP contribution in [0.4, 0.5) is 10.6 Å². The summed E-state index contributed by atoms with van der Waals surface area (Å²) >= 11 is 0. The third kappa shape index (κ3) is 4.64. The Hall–Kier alpha value is -2.71. The first-order valence-corrected chi connectivity index (χ1v) is 7.77. The van der Waals surface area contributed by atoms with Gasteiger partial charge in [-0.1, -0.05) is 12.8 Å². The van der Waals surface area contributed by atoms with Gasteiger partial charge in [0.2, 0.25) is 5.75 Å². The van der Waals surface area contributed by atoms with Crippen LogP contribution in [0.3, 0.4) is 0 Å². The lowest BCUT2D eigenvalue weighted by molar-refractivity contribution is -0.390. The van der Waals surface area contributed by atoms with Crippen molar-refractivity contribution in [1.82, 2.24) is 15.6 Å². The zero-order valence-electron chi connectivity index (χ0n) is 13.6. The van der Waals surface area contributed by atoms with Crippen molar-refractivity contribution in [1.29, 1.82) is 0 Å². The van der Waals surface area contributed by atoms with E-state index in [2.05, 4.69) is 15.6 Å². The number of hydrogen-bond donors (Lipinski definition) is 2. The zero-order chi connectivity index (χ0) is 17.7. The highest BCUT2D eigenvalue weighted by atomic mass is 16.6. The molecule has 2 N–H and O–H groups in total. The molecular formula is C15H20N4O5. The number of nitrogens with zero attached hydrogens (tertiary/aromatic N) is 2. The topological polar surface area (TPSA) is 123 Å². The average molecular weight is 336 g/mol. The van der Waals surface area contributed by atoms with Crippen LogP contribution < -0.4 is 15.4 Å². The molecule has 0 aromatic carbocycles. The number of aryl methyl sites for hydroxylation is 1. The fourth-order valence-electron chi connectivity index (χ4n) is 2.50. The van der Waals surface area contributed by atoms with Gasteiger partial charge in [-0.3, -0.25) is 10.1 Å². The largest absolute Gasteiger partial charge is 0.473 e. The van der Waals surface area contributed by atoms with E-state index < -0.39 is 28.8 Å². The number of hydrogen-bond acceptors (Lipinski definition) is 6. The summed E-state index contributed by atoms with van der Waals surface area (Å²) in [5.74, 6) is -1.27. The molecule has 24 heavy (non-hydrogen) atoms. The Kier molecular flexibility index (Phi) is 5.67. The molecule has 1 aromatic heterocycles. The van der Waals surface area contributed by atoms with Crippen molar-refractivity contribution in [2.75, 3.05) is 0 Å². The highest BCUT2D eigenvalue weighted by Gasteiger charge is 2.25. The number of imide groups is 1. The van der Waals surface area contributed by atoms with Gasteiger partial charge in [-0.2, -0.15) is 0 Å². The number of nitrogens with one attached hydrogen (secondary N) is 2. The number of aromatic nitrogens is 1. The van der Waals surface area contributed by atoms with Crippen LogP contribution in [0.5, 0.6) is 5.75 Å². The van der Waals surface area contributed by atoms with Crippen molar-refractivity contribution in [3.63, 3.8) is 0 Å². The lowest BCUT2D eigenvalue weighted by Crippen LogP contribution is -2.47. The molecule has 1 aliphatic rings. The van der Waals surface area contributed by atoms with E-state index in [1.807, 2.05) is 0 Å². The van der Waals surface area contributed by atoms with Gasteiger partial charge in [0.1, 0.15) is 5.69 Å². The molecule has 0 saturated heterocycles. The van der Waals surface area contributed by atoms with Gasteiger partial charge in [-0.15, -0.1) is 0 Å². The Morgan fingerprint density at radius 1 is 1.38 bits per heavy atom. The highest BCUT2D eigenvalue weighted by Crippen LogP contribution is 2.25. The smallest absolute Gasteiger partial charge is 0.406 e. The van der Waals surface area contributed by atoms with Gasteiger partial charge in [0.25, 0.3) is 5.91 Å². The van der Waals surface area contributed by atoms with E-state index in [1.54, 1.807) is 13.0 Å². The summed E-state index contributed by atoms with van der Waals surface area (Å²) in [6.45, 7) is 3.02. The second kappa shape index (κ2) is 7.71. The predicted molar refractivity (Wildman–Crippen MR) is 84.6 cm³/mol. The fourth-order valence-corrected chi connectivity index (χ4v) is 2.50. The first-order chi connectivity index (χ1) is 11.4. The molecule has 2 rings (SSSR count). The standard InChI is InChI=1S/C15H20N4O5/c1-9-7-8-12(13(16-9)19(22)23)24-10(2)14(20)18-15(21)17-11-5-3-4-6-11/h7-8,10-11H,3-6H2,1-2H3,(H2,17,18,20,21)/t10-/m1/s1. The minimum absolute atomic E-state index is 0.0800. The Bertz CT molecular complexity index is 643. The molecule has 9 heteroatoms. The summed E-state index contributed by atoms with van der Waals surface area (Å²) < 4.78 is 5.30. The minimum atomic E-state index is -1.08. The van der Waals surface area contributed by atoms with Crippen molar-refractivity contribution >= 4 is 17.8 Å². The van der Waals surface area contributed by atoms with E-state index in [0.29, 0.717) is 5.69 Å². The fraction of sp³-hybridized carbons (Fsp3) is 0.533. The van der Waals surface area contributed by atoms with Crippen LogP contribution in [0.25, 0.3) is 0 Å². The van der Waals surface area contributed by atoms with Crippen LogP contribution in [0.1, 0.15) is 38.3 Å². The molecule has 130 valence electrons. The molecule has 3 amide bonds. The molecular weight excluding hydrogens is 316 g/mol. The molecule has 0 aliphatic heterocycles. The molecule has 0 radical (unpaired) electrons. The summed E-state index contributed by atoms with van der Waals surface area (Å²) in [5, 5.41) is 15.9. The van der Waals surface area contributed by atoms with Gasteiger partial charge in [0.05, 0.1) is 0 Å². The number of pyridine rings is 1. The Labute approximate surface area is 138 Å². The van der Waals surface area contributed by atoms with Crippen LogP contribution in [-0.2, 0) is 4.79 Å². The molecule has 1 aliphatic carbocycles. The van der Waals surface area contributed by atoms with Crippen molar-refractivity contribution in [3.8, 4) is 5.75 Å². The van der Waals surface area contributed by atoms with E-state index in [9.17, 15) is 19.7 Å². The van der Waals surface area contributed by atoms with E-state index in [0.717, 1.165) is 25.7 Å². The molecule has 1 atom stereocenters. The summed E-state index contributed by atoms with van der Waals surface area (Å²) in [4.78, 5) is 37.9. The minimum Gasteiger partial charge on any atom is -0.473 e. The van der Waals surface area contributed by atoms with E-state index in [1.165, 1.54) is 13.0 Å². The van der Waals surface area contributed by atoms with Crippen molar-refractivity contribution in [2.24, 2.45) is 0 Å². The number of carbonyl (C=O) groups is 2. The maximum atomic E-state index is 12.0. The van der Waals surface area contributed by atoms with Gasteiger partial charge in [0.15, 0.2) is 6.10 Å². The van der Waals surface area contributed by atoms with Gasteiger partial charge >= 0.3 is 11.8 Å². The second-order valence-electron chi connectivity index (χ2n) is 5.74. The first kappa shape index (κ1) is 17.6. The maximum Gasteiger partial charge on any atom is 0.406 e. The zero-order valence-corrected chi connectivity index (χ0v) is 13.6. The number of ether oxygens (including phenoxy) is 1. The van der Waals surface area contributed by atoms with Gasteiger partial charge < -0.3 is 20.2 Å². The average Bonchev–Trinajstić information content (AvgIpc) is 3.01. The lowest BCUT2D eigenvalue weighted by Gasteiger charge is -2.16. The van der Waals surface area contributed by atoms with Crippen LogP contribution in [0, 0.1) is 17.0 Å². The number of amides is 3. The number of urea groups is 1. The Morgan fingerprint density at radius 2 is 2.04 bits per heavy atom. The van der Waals surface area contributed by atoms with Crippen LogP contribution >= 0.6 is 0 Å². The molecule has 9 nitrogen and oxygen atoms in total. The SMILES string of the molecule is Cc1ccc(O[C@H](C)C(=O)NC(=O)NC2CCCC2)c([N+](=O)[O-])n1. The number of rotatable bonds is 5. The van der Waals surface area contributed by atoms with Crippen molar-refractivity contribution in [2.45, 2.75) is 51.7 Å². The van der Waals surface area contributed by atoms with Gasteiger partial charge in [-0.05, 0) is 41.8 Å². The van der Waals surface area contributed by atoms with Crippen LogP contribution in [-0.4, -0.2) is 34.0 Å². The summed E-state index contributed by atoms with van der Waals surface area (Å²) in [6.07, 6.45) is 2.83. The van der Waals surface area contributed by atoms with Crippen molar-refractivity contribution in [3.05, 3.63) is 27.9 Å². The lowest BCUT2D eigenvalue weighted by atomic mass is 10.2. The van der Waals surface area contributed by atoms with E-state index in [-0.39, 0.29) is 11.8 Å². The summed E-state index contributed by atoms with van der Waals surface area (Å²) in [6, 6.07) is 2.41. The molecule has 1 aromatic rings. The quantitative estimate of drug-likeness (QED) is 0.624. The highest BCUT2D eigenvalue weighted by molar-refractivity contribution is 5.96. The molecule has 0 unspecified atom stereocenters. The Morgan fingerprint density at radius 3 is 2.67 bits per heavy atom. The predicted octanol–water partition coefficient (Wildman–Crippen LogP) is 1.83.